The van der Waals surface area contributed by atoms with E-state index in [0.29, 0.717) is 5.41 Å². The molecule has 2 N–H and O–H groups in total. The van der Waals surface area contributed by atoms with Crippen LogP contribution in [-0.2, 0) is 0 Å². The Morgan fingerprint density at radius 3 is 2.40 bits per heavy atom. The van der Waals surface area contributed by atoms with Crippen molar-refractivity contribution < 1.29 is 0 Å². The summed E-state index contributed by atoms with van der Waals surface area (Å²) in [5.41, 5.74) is 0.590. The van der Waals surface area contributed by atoms with Gasteiger partial charge in [-0.15, -0.1) is 0 Å². The van der Waals surface area contributed by atoms with E-state index in [4.69, 9.17) is 0 Å². The van der Waals surface area contributed by atoms with Gasteiger partial charge in [-0.3, -0.25) is 0 Å². The van der Waals surface area contributed by atoms with E-state index in [1.165, 1.54) is 51.7 Å². The molecule has 0 aromatic carbocycles. The zero-order valence-electron chi connectivity index (χ0n) is 10.7. The Kier molecular flexibility index (Phi) is 5.62. The minimum Gasteiger partial charge on any atom is -0.319 e. The van der Waals surface area contributed by atoms with Crippen LogP contribution in [0.25, 0.3) is 0 Å². The van der Waals surface area contributed by atoms with Gasteiger partial charge in [-0.2, -0.15) is 0 Å². The van der Waals surface area contributed by atoms with E-state index in [1.54, 1.807) is 0 Å². The van der Waals surface area contributed by atoms with Crippen LogP contribution in [0.4, 0.5) is 0 Å². The van der Waals surface area contributed by atoms with Crippen LogP contribution in [0.1, 0.15) is 46.0 Å². The first kappa shape index (κ1) is 13.0. The molecule has 1 saturated carbocycles. The fourth-order valence-corrected chi connectivity index (χ4v) is 2.46. The van der Waals surface area contributed by atoms with Gasteiger partial charge in [0.25, 0.3) is 0 Å². The van der Waals surface area contributed by atoms with Crippen molar-refractivity contribution in [1.29, 1.82) is 0 Å². The molecule has 1 rings (SSSR count). The first-order valence-corrected chi connectivity index (χ1v) is 6.54. The van der Waals surface area contributed by atoms with Gasteiger partial charge in [0.15, 0.2) is 0 Å². The van der Waals surface area contributed by atoms with Crippen LogP contribution in [0.5, 0.6) is 0 Å². The zero-order chi connectivity index (χ0) is 11.1. The van der Waals surface area contributed by atoms with Crippen molar-refractivity contribution in [2.24, 2.45) is 11.3 Å². The zero-order valence-corrected chi connectivity index (χ0v) is 10.7. The number of rotatable bonds is 8. The van der Waals surface area contributed by atoms with E-state index in [2.05, 4.69) is 31.5 Å². The van der Waals surface area contributed by atoms with Gasteiger partial charge < -0.3 is 10.6 Å². The lowest BCUT2D eigenvalue weighted by atomic mass is 9.68. The molecule has 0 radical (unpaired) electrons. The average Bonchev–Trinajstić information content (AvgIpc) is 2.12. The van der Waals surface area contributed by atoms with Crippen LogP contribution in [-0.4, -0.2) is 26.7 Å². The molecule has 0 heterocycles. The van der Waals surface area contributed by atoms with Crippen molar-refractivity contribution in [3.63, 3.8) is 0 Å². The molecule has 0 saturated heterocycles. The summed E-state index contributed by atoms with van der Waals surface area (Å²) in [5, 5.41) is 6.96. The fourth-order valence-electron chi connectivity index (χ4n) is 2.46. The lowest BCUT2D eigenvalue weighted by Gasteiger charge is -2.42. The molecule has 15 heavy (non-hydrogen) atoms. The monoisotopic (exact) mass is 212 g/mol. The minimum absolute atomic E-state index is 0.590. The standard InChI is InChI=1S/C13H28N2/c1-12(2)6-4-9-15-11-13(10-14-3)7-5-8-13/h12,14-15H,4-11H2,1-3H3. The number of hydrogen-bond donors (Lipinski definition) is 2. The van der Waals surface area contributed by atoms with Gasteiger partial charge in [0.1, 0.15) is 0 Å². The van der Waals surface area contributed by atoms with Gasteiger partial charge in [-0.1, -0.05) is 20.3 Å². The molecule has 0 spiro atoms. The third kappa shape index (κ3) is 4.52. The molecule has 90 valence electrons. The molecule has 1 fully saturated rings. The molecule has 0 aromatic rings. The average molecular weight is 212 g/mol. The maximum atomic E-state index is 3.63. The highest BCUT2D eigenvalue weighted by Gasteiger charge is 2.35. The first-order valence-electron chi connectivity index (χ1n) is 6.54. The van der Waals surface area contributed by atoms with E-state index in [9.17, 15) is 0 Å². The largest absolute Gasteiger partial charge is 0.319 e. The second-order valence-corrected chi connectivity index (χ2v) is 5.60. The van der Waals surface area contributed by atoms with Gasteiger partial charge in [0, 0.05) is 13.1 Å². The number of nitrogens with one attached hydrogen (secondary N) is 2. The van der Waals surface area contributed by atoms with Crippen molar-refractivity contribution in [2.75, 3.05) is 26.7 Å². The van der Waals surface area contributed by atoms with E-state index in [0.717, 1.165) is 5.92 Å². The van der Waals surface area contributed by atoms with Crippen LogP contribution >= 0.6 is 0 Å². The molecule has 0 bridgehead atoms. The van der Waals surface area contributed by atoms with E-state index >= 15 is 0 Å². The fraction of sp³-hybridized carbons (Fsp3) is 1.00. The van der Waals surface area contributed by atoms with Gasteiger partial charge in [-0.05, 0) is 50.6 Å². The van der Waals surface area contributed by atoms with Gasteiger partial charge in [-0.25, -0.2) is 0 Å². The van der Waals surface area contributed by atoms with Gasteiger partial charge in [0.2, 0.25) is 0 Å². The predicted octanol–water partition coefficient (Wildman–Crippen LogP) is 2.40. The second-order valence-electron chi connectivity index (χ2n) is 5.60. The summed E-state index contributed by atoms with van der Waals surface area (Å²) in [6.07, 6.45) is 6.92. The summed E-state index contributed by atoms with van der Waals surface area (Å²) in [7, 11) is 2.07. The Bertz CT molecular complexity index is 162. The smallest absolute Gasteiger partial charge is 0.00200 e. The lowest BCUT2D eigenvalue weighted by molar-refractivity contribution is 0.130. The Morgan fingerprint density at radius 1 is 1.20 bits per heavy atom. The SMILES string of the molecule is CNCC1(CNCCCC(C)C)CCC1. The van der Waals surface area contributed by atoms with Crippen molar-refractivity contribution in [3.05, 3.63) is 0 Å². The number of hydrogen-bond acceptors (Lipinski definition) is 2. The molecule has 0 aliphatic heterocycles. The molecule has 0 unspecified atom stereocenters. The highest BCUT2D eigenvalue weighted by Crippen LogP contribution is 2.39. The summed E-state index contributed by atoms with van der Waals surface area (Å²) in [6, 6.07) is 0. The van der Waals surface area contributed by atoms with Crippen molar-refractivity contribution in [3.8, 4) is 0 Å². The Balaban J connectivity index is 2.02. The molecule has 0 amide bonds. The molecule has 2 nitrogen and oxygen atoms in total. The van der Waals surface area contributed by atoms with Gasteiger partial charge >= 0.3 is 0 Å². The summed E-state index contributed by atoms with van der Waals surface area (Å²) in [4.78, 5) is 0. The van der Waals surface area contributed by atoms with Crippen molar-refractivity contribution in [2.45, 2.75) is 46.0 Å². The summed E-state index contributed by atoms with van der Waals surface area (Å²) in [5.74, 6) is 0.849. The van der Waals surface area contributed by atoms with Crippen LogP contribution in [0.3, 0.4) is 0 Å². The van der Waals surface area contributed by atoms with Crippen LogP contribution < -0.4 is 10.6 Å². The molecule has 0 atom stereocenters. The summed E-state index contributed by atoms with van der Waals surface area (Å²) in [6.45, 7) is 8.20. The van der Waals surface area contributed by atoms with Crippen molar-refractivity contribution >= 4 is 0 Å². The quantitative estimate of drug-likeness (QED) is 0.604. The second kappa shape index (κ2) is 6.49. The highest BCUT2D eigenvalue weighted by atomic mass is 14.9. The molecule has 1 aliphatic carbocycles. The van der Waals surface area contributed by atoms with E-state index in [1.807, 2.05) is 0 Å². The Labute approximate surface area is 95.2 Å². The maximum absolute atomic E-state index is 3.63. The molecule has 0 aromatic heterocycles. The highest BCUT2D eigenvalue weighted by molar-refractivity contribution is 4.90. The lowest BCUT2D eigenvalue weighted by Crippen LogP contribution is -2.46. The first-order chi connectivity index (χ1) is 7.18. The minimum atomic E-state index is 0.590. The maximum Gasteiger partial charge on any atom is 0.00200 e. The third-order valence-corrected chi connectivity index (χ3v) is 3.60. The van der Waals surface area contributed by atoms with Crippen LogP contribution in [0.15, 0.2) is 0 Å². The molecular formula is C13H28N2. The normalized spacial score (nSPS) is 19.2. The Hall–Kier alpha value is -0.0800. The van der Waals surface area contributed by atoms with Crippen molar-refractivity contribution in [1.82, 2.24) is 10.6 Å². The van der Waals surface area contributed by atoms with Crippen LogP contribution in [0, 0.1) is 11.3 Å². The molecule has 2 heteroatoms. The van der Waals surface area contributed by atoms with Gasteiger partial charge in [0.05, 0.1) is 0 Å². The summed E-state index contributed by atoms with van der Waals surface area (Å²) < 4.78 is 0. The van der Waals surface area contributed by atoms with Crippen LogP contribution in [0.2, 0.25) is 0 Å². The van der Waals surface area contributed by atoms with E-state index < -0.39 is 0 Å². The topological polar surface area (TPSA) is 24.1 Å². The molecule has 1 aliphatic rings. The predicted molar refractivity (Wildman–Crippen MR) is 67.2 cm³/mol. The Morgan fingerprint density at radius 2 is 1.93 bits per heavy atom. The molecular weight excluding hydrogens is 184 g/mol. The third-order valence-electron chi connectivity index (χ3n) is 3.60. The van der Waals surface area contributed by atoms with E-state index in [-0.39, 0.29) is 0 Å². The summed E-state index contributed by atoms with van der Waals surface area (Å²) >= 11 is 0.